The second-order valence-corrected chi connectivity index (χ2v) is 7.30. The Balaban J connectivity index is 2.45. The van der Waals surface area contributed by atoms with Crippen molar-refractivity contribution in [2.75, 3.05) is 10.5 Å². The van der Waals surface area contributed by atoms with E-state index in [0.717, 1.165) is 11.6 Å². The van der Waals surface area contributed by atoms with Crippen molar-refractivity contribution >= 4 is 48.9 Å². The maximum absolute atomic E-state index is 14.0. The van der Waals surface area contributed by atoms with Gasteiger partial charge in [0.15, 0.2) is 5.82 Å². The third kappa shape index (κ3) is 3.48. The molecule has 2 aromatic carbocycles. The van der Waals surface area contributed by atoms with Gasteiger partial charge in [0.2, 0.25) is 0 Å². The predicted molar refractivity (Wildman–Crippen MR) is 85.5 cm³/mol. The highest BCUT2D eigenvalue weighted by Crippen LogP contribution is 2.28. The lowest BCUT2D eigenvalue weighted by Gasteiger charge is -2.11. The molecule has 0 aromatic heterocycles. The lowest BCUT2D eigenvalue weighted by Crippen LogP contribution is -2.15. The maximum atomic E-state index is 14.0. The van der Waals surface area contributed by atoms with E-state index in [1.54, 1.807) is 13.0 Å². The predicted octanol–water partition coefficient (Wildman–Crippen LogP) is 3.93. The molecule has 8 heteroatoms. The summed E-state index contributed by atoms with van der Waals surface area (Å²) in [4.78, 5) is -0.536. The van der Waals surface area contributed by atoms with Gasteiger partial charge in [-0.1, -0.05) is 17.7 Å². The highest BCUT2D eigenvalue weighted by Gasteiger charge is 2.22. The number of nitrogens with two attached hydrogens (primary N) is 1. The Bertz CT molecular complexity index is 812. The summed E-state index contributed by atoms with van der Waals surface area (Å²) >= 11 is 8.86. The number of rotatable bonds is 3. The van der Waals surface area contributed by atoms with E-state index in [2.05, 4.69) is 20.7 Å². The van der Waals surface area contributed by atoms with Crippen molar-refractivity contribution in [2.24, 2.45) is 0 Å². The number of halogens is 3. The van der Waals surface area contributed by atoms with E-state index in [0.29, 0.717) is 5.02 Å². The molecule has 112 valence electrons. The quantitative estimate of drug-likeness (QED) is 0.776. The normalized spacial score (nSPS) is 11.4. The van der Waals surface area contributed by atoms with Crippen LogP contribution in [0.25, 0.3) is 0 Å². The monoisotopic (exact) mass is 392 g/mol. The van der Waals surface area contributed by atoms with E-state index in [9.17, 15) is 12.8 Å². The molecule has 2 rings (SSSR count). The smallest absolute Gasteiger partial charge is 0.264 e. The van der Waals surface area contributed by atoms with E-state index in [1.807, 2.05) is 0 Å². The van der Waals surface area contributed by atoms with Crippen LogP contribution in [0.5, 0.6) is 0 Å². The summed E-state index contributed by atoms with van der Waals surface area (Å²) in [5, 5.41) is 0.407. The van der Waals surface area contributed by atoms with Crippen LogP contribution >= 0.6 is 27.5 Å². The number of nitrogen functional groups attached to an aromatic ring is 1. The first-order chi connectivity index (χ1) is 9.70. The molecule has 0 saturated carbocycles. The summed E-state index contributed by atoms with van der Waals surface area (Å²) in [5.74, 6) is -0.907. The molecular weight excluding hydrogens is 383 g/mol. The fraction of sp³-hybridized carbons (Fsp3) is 0.0769. The number of anilines is 2. The van der Waals surface area contributed by atoms with Gasteiger partial charge in [-0.05, 0) is 52.7 Å². The van der Waals surface area contributed by atoms with Gasteiger partial charge in [0, 0.05) is 10.7 Å². The molecule has 0 spiro atoms. The molecule has 21 heavy (non-hydrogen) atoms. The Morgan fingerprint density at radius 3 is 2.57 bits per heavy atom. The van der Waals surface area contributed by atoms with Gasteiger partial charge in [0.1, 0.15) is 4.90 Å². The second-order valence-electron chi connectivity index (χ2n) is 4.38. The molecule has 0 aliphatic rings. The number of aryl methyl sites for hydroxylation is 1. The van der Waals surface area contributed by atoms with E-state index in [4.69, 9.17) is 17.3 Å². The van der Waals surface area contributed by atoms with Gasteiger partial charge in [-0.15, -0.1) is 0 Å². The number of sulfonamides is 1. The topological polar surface area (TPSA) is 72.2 Å². The maximum Gasteiger partial charge on any atom is 0.264 e. The van der Waals surface area contributed by atoms with Crippen LogP contribution in [-0.2, 0) is 10.0 Å². The van der Waals surface area contributed by atoms with Gasteiger partial charge >= 0.3 is 0 Å². The number of hydrogen-bond donors (Lipinski definition) is 2. The molecule has 0 bridgehead atoms. The van der Waals surface area contributed by atoms with Gasteiger partial charge in [0.25, 0.3) is 10.0 Å². The van der Waals surface area contributed by atoms with Gasteiger partial charge in [-0.25, -0.2) is 12.8 Å². The minimum Gasteiger partial charge on any atom is -0.399 e. The Hall–Kier alpha value is -1.31. The van der Waals surface area contributed by atoms with Gasteiger partial charge in [0.05, 0.1) is 10.2 Å². The third-order valence-electron chi connectivity index (χ3n) is 2.73. The van der Waals surface area contributed by atoms with Gasteiger partial charge in [-0.2, -0.15) is 0 Å². The Morgan fingerprint density at radius 2 is 1.95 bits per heavy atom. The molecule has 0 amide bonds. The summed E-state index contributed by atoms with van der Waals surface area (Å²) in [6.45, 7) is 1.79. The molecule has 0 heterocycles. The zero-order chi connectivity index (χ0) is 15.8. The Kier molecular flexibility index (Phi) is 4.46. The summed E-state index contributed by atoms with van der Waals surface area (Å²) < 4.78 is 40.7. The first-order valence-corrected chi connectivity index (χ1v) is 8.39. The zero-order valence-corrected chi connectivity index (χ0v) is 14.0. The molecular formula is C13H11BrClFN2O2S. The van der Waals surface area contributed by atoms with E-state index < -0.39 is 20.7 Å². The van der Waals surface area contributed by atoms with E-state index in [1.165, 1.54) is 18.2 Å². The fourth-order valence-corrected chi connectivity index (χ4v) is 3.62. The lowest BCUT2D eigenvalue weighted by atomic mass is 10.2. The summed E-state index contributed by atoms with van der Waals surface area (Å²) in [6.07, 6.45) is 0. The fourth-order valence-electron chi connectivity index (χ4n) is 1.65. The molecule has 0 unspecified atom stereocenters. The molecule has 3 N–H and O–H groups in total. The van der Waals surface area contributed by atoms with Crippen LogP contribution in [0.2, 0.25) is 5.02 Å². The Labute approximate surface area is 135 Å². The van der Waals surface area contributed by atoms with Crippen LogP contribution in [0.3, 0.4) is 0 Å². The molecule has 0 atom stereocenters. The van der Waals surface area contributed by atoms with Crippen LogP contribution in [0, 0.1) is 12.7 Å². The van der Waals surface area contributed by atoms with Crippen LogP contribution in [0.1, 0.15) is 5.56 Å². The van der Waals surface area contributed by atoms with Crippen LogP contribution in [0.4, 0.5) is 15.8 Å². The summed E-state index contributed by atoms with van der Waals surface area (Å²) in [5.41, 5.74) is 6.73. The second kappa shape index (κ2) is 5.82. The first kappa shape index (κ1) is 16.1. The highest BCUT2D eigenvalue weighted by molar-refractivity contribution is 9.10. The third-order valence-corrected chi connectivity index (χ3v) is 5.10. The molecule has 2 aromatic rings. The van der Waals surface area contributed by atoms with Crippen molar-refractivity contribution in [2.45, 2.75) is 11.8 Å². The lowest BCUT2D eigenvalue weighted by molar-refractivity contribution is 0.567. The van der Waals surface area contributed by atoms with Crippen LogP contribution in [0.15, 0.2) is 39.7 Å². The largest absolute Gasteiger partial charge is 0.399 e. The molecule has 0 aliphatic heterocycles. The minimum atomic E-state index is -4.11. The molecule has 0 saturated heterocycles. The first-order valence-electron chi connectivity index (χ1n) is 5.74. The minimum absolute atomic E-state index is 0.0233. The molecule has 0 radical (unpaired) electrons. The van der Waals surface area contributed by atoms with Crippen molar-refractivity contribution in [3.05, 3.63) is 51.2 Å². The Morgan fingerprint density at radius 1 is 1.29 bits per heavy atom. The van der Waals surface area contributed by atoms with Crippen LogP contribution in [-0.4, -0.2) is 8.42 Å². The molecule has 0 fully saturated rings. The number of benzene rings is 2. The summed E-state index contributed by atoms with van der Waals surface area (Å²) in [6, 6.07) is 6.99. The van der Waals surface area contributed by atoms with Crippen molar-refractivity contribution in [1.82, 2.24) is 0 Å². The van der Waals surface area contributed by atoms with Crippen molar-refractivity contribution in [1.29, 1.82) is 0 Å². The number of hydrogen-bond acceptors (Lipinski definition) is 3. The summed E-state index contributed by atoms with van der Waals surface area (Å²) in [7, 11) is -4.11. The van der Waals surface area contributed by atoms with E-state index in [-0.39, 0.29) is 15.8 Å². The van der Waals surface area contributed by atoms with Crippen molar-refractivity contribution < 1.29 is 12.8 Å². The molecule has 4 nitrogen and oxygen atoms in total. The van der Waals surface area contributed by atoms with Crippen molar-refractivity contribution in [3.63, 3.8) is 0 Å². The van der Waals surface area contributed by atoms with Crippen molar-refractivity contribution in [3.8, 4) is 0 Å². The zero-order valence-electron chi connectivity index (χ0n) is 10.8. The SMILES string of the molecule is Cc1ccc(NS(=O)(=O)c2cc(N)cc(Br)c2F)cc1Cl. The van der Waals surface area contributed by atoms with Gasteiger partial charge < -0.3 is 5.73 Å². The standard InChI is InChI=1S/C13H11BrClFN2O2S/c1-7-2-3-9(6-11(7)15)18-21(19,20)12-5-8(17)4-10(14)13(12)16/h2-6,18H,17H2,1H3. The molecule has 0 aliphatic carbocycles. The average molecular weight is 394 g/mol. The van der Waals surface area contributed by atoms with E-state index >= 15 is 0 Å². The van der Waals surface area contributed by atoms with Crippen LogP contribution < -0.4 is 10.5 Å². The average Bonchev–Trinajstić information content (AvgIpc) is 2.37. The van der Waals surface area contributed by atoms with Gasteiger partial charge in [-0.3, -0.25) is 4.72 Å². The highest BCUT2D eigenvalue weighted by atomic mass is 79.9. The number of nitrogens with one attached hydrogen (secondary N) is 1.